The summed E-state index contributed by atoms with van der Waals surface area (Å²) in [6.45, 7) is 0.728. The second-order valence-corrected chi connectivity index (χ2v) is 7.28. The normalized spacial score (nSPS) is 17.2. The van der Waals surface area contributed by atoms with Gasteiger partial charge < -0.3 is 9.64 Å². The van der Waals surface area contributed by atoms with E-state index in [-0.39, 0.29) is 17.8 Å². The van der Waals surface area contributed by atoms with Crippen molar-refractivity contribution >= 4 is 27.3 Å². The molecule has 2 aromatic carbocycles. The van der Waals surface area contributed by atoms with Crippen LogP contribution in [0, 0.1) is 5.82 Å². The van der Waals surface area contributed by atoms with Crippen LogP contribution in [0.3, 0.4) is 0 Å². The van der Waals surface area contributed by atoms with E-state index in [1.54, 1.807) is 19.2 Å². The lowest BCUT2D eigenvalue weighted by atomic mass is 10.0. The fraction of sp³-hybridized carbons (Fsp3) is 0.250. The molecule has 1 aromatic heterocycles. The molecule has 4 rings (SSSR count). The highest BCUT2D eigenvalue weighted by atomic mass is 32.1. The number of carbonyl (C=O) groups is 1. The summed E-state index contributed by atoms with van der Waals surface area (Å²) in [6, 6.07) is 14.6. The Kier molecular flexibility index (Phi) is 4.17. The first-order valence-corrected chi connectivity index (χ1v) is 9.12. The van der Waals surface area contributed by atoms with Crippen LogP contribution in [0.1, 0.15) is 34.1 Å². The second-order valence-electron chi connectivity index (χ2n) is 6.19. The third kappa shape index (κ3) is 2.89. The Hall–Kier alpha value is -2.40. The highest BCUT2D eigenvalue weighted by Gasteiger charge is 2.31. The van der Waals surface area contributed by atoms with Crippen molar-refractivity contribution in [2.24, 2.45) is 0 Å². The molecule has 1 amide bonds. The van der Waals surface area contributed by atoms with Crippen LogP contribution in [0.2, 0.25) is 0 Å². The molecule has 0 unspecified atom stereocenters. The molecule has 0 spiro atoms. The first-order chi connectivity index (χ1) is 12.2. The standard InChI is InChI=1S/C20H18FNO2S/c1-24-14-9-7-13(8-10-14)17-5-3-11-22(17)20(23)19-12-15-16(21)4-2-6-18(15)25-19/h2,4,6-10,12,17H,3,5,11H2,1H3/t17-/m1/s1. The van der Waals surface area contributed by atoms with E-state index < -0.39 is 0 Å². The fourth-order valence-electron chi connectivity index (χ4n) is 3.45. The molecule has 0 radical (unpaired) electrons. The number of amides is 1. The summed E-state index contributed by atoms with van der Waals surface area (Å²) in [5, 5.41) is 0.524. The second kappa shape index (κ2) is 6.48. The number of fused-ring (bicyclic) bond motifs is 1. The van der Waals surface area contributed by atoms with Crippen molar-refractivity contribution in [3.63, 3.8) is 0 Å². The van der Waals surface area contributed by atoms with Gasteiger partial charge in [0, 0.05) is 16.6 Å². The third-order valence-corrected chi connectivity index (χ3v) is 5.82. The van der Waals surface area contributed by atoms with E-state index in [4.69, 9.17) is 4.74 Å². The molecule has 1 saturated heterocycles. The summed E-state index contributed by atoms with van der Waals surface area (Å²) in [5.41, 5.74) is 1.11. The van der Waals surface area contributed by atoms with Crippen LogP contribution in [0.15, 0.2) is 48.5 Å². The maximum absolute atomic E-state index is 13.9. The Balaban J connectivity index is 1.64. The number of benzene rings is 2. The van der Waals surface area contributed by atoms with Gasteiger partial charge in [-0.1, -0.05) is 18.2 Å². The molecule has 0 aliphatic carbocycles. The number of carbonyl (C=O) groups excluding carboxylic acids is 1. The molecule has 1 aliphatic heterocycles. The summed E-state index contributed by atoms with van der Waals surface area (Å²) in [7, 11) is 1.64. The van der Waals surface area contributed by atoms with E-state index in [0.29, 0.717) is 10.3 Å². The van der Waals surface area contributed by atoms with Gasteiger partial charge in [0.2, 0.25) is 0 Å². The molecule has 2 heterocycles. The number of halogens is 1. The monoisotopic (exact) mass is 355 g/mol. The summed E-state index contributed by atoms with van der Waals surface area (Å²) >= 11 is 1.36. The van der Waals surface area contributed by atoms with Crippen molar-refractivity contribution in [3.05, 3.63) is 64.8 Å². The number of nitrogens with zero attached hydrogens (tertiary/aromatic N) is 1. The van der Waals surface area contributed by atoms with Gasteiger partial charge in [-0.2, -0.15) is 0 Å². The summed E-state index contributed by atoms with van der Waals surface area (Å²) in [5.74, 6) is 0.513. The Labute approximate surface area is 149 Å². The summed E-state index contributed by atoms with van der Waals surface area (Å²) < 4.78 is 19.9. The molecule has 128 valence electrons. The van der Waals surface area contributed by atoms with Crippen molar-refractivity contribution in [2.45, 2.75) is 18.9 Å². The zero-order valence-corrected chi connectivity index (χ0v) is 14.7. The Bertz CT molecular complexity index is 919. The van der Waals surface area contributed by atoms with Gasteiger partial charge in [-0.05, 0) is 48.7 Å². The zero-order valence-electron chi connectivity index (χ0n) is 13.9. The van der Waals surface area contributed by atoms with Crippen molar-refractivity contribution < 1.29 is 13.9 Å². The van der Waals surface area contributed by atoms with Gasteiger partial charge in [0.25, 0.3) is 5.91 Å². The molecule has 1 atom stereocenters. The SMILES string of the molecule is COc1ccc([C@H]2CCCN2C(=O)c2cc3c(F)cccc3s2)cc1. The molecule has 1 fully saturated rings. The van der Waals surface area contributed by atoms with Crippen molar-refractivity contribution in [1.82, 2.24) is 4.90 Å². The zero-order chi connectivity index (χ0) is 17.4. The van der Waals surface area contributed by atoms with Gasteiger partial charge in [0.15, 0.2) is 0 Å². The molecule has 3 nitrogen and oxygen atoms in total. The molecule has 0 saturated carbocycles. The quantitative estimate of drug-likeness (QED) is 0.660. The maximum Gasteiger partial charge on any atom is 0.264 e. The smallest absolute Gasteiger partial charge is 0.264 e. The molecule has 25 heavy (non-hydrogen) atoms. The third-order valence-electron chi connectivity index (χ3n) is 4.73. The number of hydrogen-bond acceptors (Lipinski definition) is 3. The lowest BCUT2D eigenvalue weighted by Gasteiger charge is -2.24. The van der Waals surface area contributed by atoms with Crippen LogP contribution < -0.4 is 4.74 Å². The summed E-state index contributed by atoms with van der Waals surface area (Å²) in [4.78, 5) is 15.5. The molecule has 1 aliphatic rings. The molecule has 0 N–H and O–H groups in total. The minimum atomic E-state index is -0.277. The van der Waals surface area contributed by atoms with Crippen molar-refractivity contribution in [1.29, 1.82) is 0 Å². The van der Waals surface area contributed by atoms with Gasteiger partial charge in [-0.25, -0.2) is 4.39 Å². The van der Waals surface area contributed by atoms with Gasteiger partial charge in [-0.15, -0.1) is 11.3 Å². The first-order valence-electron chi connectivity index (χ1n) is 8.30. The van der Waals surface area contributed by atoms with Crippen LogP contribution in [0.5, 0.6) is 5.75 Å². The minimum absolute atomic E-state index is 0.0149. The molecular formula is C20H18FNO2S. The van der Waals surface area contributed by atoms with Gasteiger partial charge in [0.05, 0.1) is 18.0 Å². The lowest BCUT2D eigenvalue weighted by molar-refractivity contribution is 0.0740. The average molecular weight is 355 g/mol. The highest BCUT2D eigenvalue weighted by Crippen LogP contribution is 2.36. The van der Waals surface area contributed by atoms with Crippen molar-refractivity contribution in [3.8, 4) is 5.75 Å². The Morgan fingerprint density at radius 1 is 1.24 bits per heavy atom. The van der Waals surface area contributed by atoms with E-state index in [1.807, 2.05) is 35.2 Å². The largest absolute Gasteiger partial charge is 0.497 e. The van der Waals surface area contributed by atoms with Crippen LogP contribution in [-0.2, 0) is 0 Å². The average Bonchev–Trinajstić information content (AvgIpc) is 3.29. The fourth-order valence-corrected chi connectivity index (χ4v) is 4.49. The number of likely N-dealkylation sites (tertiary alicyclic amines) is 1. The topological polar surface area (TPSA) is 29.5 Å². The van der Waals surface area contributed by atoms with Crippen LogP contribution in [0.25, 0.3) is 10.1 Å². The molecule has 5 heteroatoms. The van der Waals surface area contributed by atoms with Crippen LogP contribution in [-0.4, -0.2) is 24.5 Å². The predicted molar refractivity (Wildman–Crippen MR) is 97.8 cm³/mol. The van der Waals surface area contributed by atoms with Gasteiger partial charge in [-0.3, -0.25) is 4.79 Å². The van der Waals surface area contributed by atoms with E-state index in [2.05, 4.69) is 0 Å². The first kappa shape index (κ1) is 16.1. The lowest BCUT2D eigenvalue weighted by Crippen LogP contribution is -2.29. The maximum atomic E-state index is 13.9. The van der Waals surface area contributed by atoms with E-state index in [9.17, 15) is 9.18 Å². The van der Waals surface area contributed by atoms with E-state index >= 15 is 0 Å². The minimum Gasteiger partial charge on any atom is -0.497 e. The number of ether oxygens (including phenoxy) is 1. The van der Waals surface area contributed by atoms with Crippen LogP contribution >= 0.6 is 11.3 Å². The number of methoxy groups -OCH3 is 1. The number of hydrogen-bond donors (Lipinski definition) is 0. The summed E-state index contributed by atoms with van der Waals surface area (Å²) in [6.07, 6.45) is 1.92. The Morgan fingerprint density at radius 3 is 2.76 bits per heavy atom. The highest BCUT2D eigenvalue weighted by molar-refractivity contribution is 7.20. The van der Waals surface area contributed by atoms with Crippen LogP contribution in [0.4, 0.5) is 4.39 Å². The van der Waals surface area contributed by atoms with Crippen molar-refractivity contribution in [2.75, 3.05) is 13.7 Å². The van der Waals surface area contributed by atoms with Gasteiger partial charge >= 0.3 is 0 Å². The number of rotatable bonds is 3. The number of thiophene rings is 1. The molecular weight excluding hydrogens is 337 g/mol. The van der Waals surface area contributed by atoms with E-state index in [1.165, 1.54) is 17.4 Å². The van der Waals surface area contributed by atoms with Gasteiger partial charge in [0.1, 0.15) is 11.6 Å². The Morgan fingerprint density at radius 2 is 2.04 bits per heavy atom. The molecule has 0 bridgehead atoms. The van der Waals surface area contributed by atoms with E-state index in [0.717, 1.165) is 35.4 Å². The molecule has 3 aromatic rings. The predicted octanol–water partition coefficient (Wildman–Crippen LogP) is 5.03.